The van der Waals surface area contributed by atoms with Crippen molar-refractivity contribution in [2.24, 2.45) is 0 Å². The van der Waals surface area contributed by atoms with Gasteiger partial charge in [-0.25, -0.2) is 14.5 Å². The third-order valence-corrected chi connectivity index (χ3v) is 6.28. The molecule has 2 saturated heterocycles. The average molecular weight is 519 g/mol. The Morgan fingerprint density at radius 2 is 1.25 bits per heavy atom. The van der Waals surface area contributed by atoms with Crippen LogP contribution in [0.3, 0.4) is 0 Å². The molecule has 2 heterocycles. The second-order valence-electron chi connectivity index (χ2n) is 8.68. The summed E-state index contributed by atoms with van der Waals surface area (Å²) in [5.74, 6) is -1.25. The number of methoxy groups -OCH3 is 1. The molecule has 0 radical (unpaired) electrons. The number of carboxylic acid groups (broad SMARTS) is 1. The largest absolute Gasteiger partial charge is 0.480 e. The Morgan fingerprint density at radius 3 is 1.58 bits per heavy atom. The molecule has 2 rings (SSSR count). The number of nitrogens with one attached hydrogen (secondary N) is 2. The van der Waals surface area contributed by atoms with E-state index in [-0.39, 0.29) is 35.9 Å². The molecule has 4 N–H and O–H groups in total. The van der Waals surface area contributed by atoms with Crippen LogP contribution in [0, 0.1) is 0 Å². The van der Waals surface area contributed by atoms with Crippen molar-refractivity contribution in [1.29, 1.82) is 0 Å². The van der Waals surface area contributed by atoms with Gasteiger partial charge in [0.05, 0.1) is 26.3 Å². The van der Waals surface area contributed by atoms with Gasteiger partial charge in [-0.2, -0.15) is 0 Å². The maximum atomic E-state index is 12.3. The number of likely N-dealkylation sites (N-methyl/N-ethyl adjacent to an activating group) is 2. The maximum Gasteiger partial charge on any atom is 0.328 e. The van der Waals surface area contributed by atoms with Gasteiger partial charge in [-0.15, -0.1) is 0 Å². The highest BCUT2D eigenvalue weighted by atomic mass is 17.1. The van der Waals surface area contributed by atoms with Gasteiger partial charge in [-0.3, -0.25) is 14.8 Å². The Morgan fingerprint density at radius 1 is 0.861 bits per heavy atom. The van der Waals surface area contributed by atoms with E-state index in [1.54, 1.807) is 19.0 Å². The zero-order chi connectivity index (χ0) is 27.7. The van der Waals surface area contributed by atoms with E-state index in [0.717, 1.165) is 38.5 Å². The van der Waals surface area contributed by atoms with Gasteiger partial charge in [-0.1, -0.05) is 26.7 Å². The predicted molar refractivity (Wildman–Crippen MR) is 134 cm³/mol. The lowest BCUT2D eigenvalue weighted by molar-refractivity contribution is -0.214. The van der Waals surface area contributed by atoms with Gasteiger partial charge in [0.2, 0.25) is 11.8 Å². The van der Waals surface area contributed by atoms with E-state index < -0.39 is 12.0 Å². The molecule has 12 heteroatoms. The number of amides is 2. The van der Waals surface area contributed by atoms with Gasteiger partial charge in [0, 0.05) is 13.1 Å². The van der Waals surface area contributed by atoms with Crippen LogP contribution in [-0.4, -0.2) is 109 Å². The van der Waals surface area contributed by atoms with E-state index in [9.17, 15) is 19.2 Å². The van der Waals surface area contributed by atoms with Crippen LogP contribution in [0.2, 0.25) is 0 Å². The molecule has 0 unspecified atom stereocenters. The minimum absolute atomic E-state index is 0.0160. The molecule has 0 aromatic carbocycles. The Bertz CT molecular complexity index is 679. The van der Waals surface area contributed by atoms with Crippen LogP contribution in [0.5, 0.6) is 0 Å². The van der Waals surface area contributed by atoms with E-state index in [4.69, 9.17) is 15.1 Å². The summed E-state index contributed by atoms with van der Waals surface area (Å²) in [7, 11) is 6.07. The minimum Gasteiger partial charge on any atom is -0.480 e. The molecule has 0 aromatic rings. The number of aliphatic carboxylic acids is 1. The number of rotatable bonds is 10. The first-order valence-electron chi connectivity index (χ1n) is 12.6. The van der Waals surface area contributed by atoms with Crippen molar-refractivity contribution in [3.8, 4) is 0 Å². The molecule has 0 aromatic heterocycles. The normalized spacial score (nSPS) is 20.4. The Kier molecular flexibility index (Phi) is 17.7. The highest BCUT2D eigenvalue weighted by molar-refractivity contribution is 5.88. The summed E-state index contributed by atoms with van der Waals surface area (Å²) in [6.07, 6.45) is 6.32. The number of esters is 1. The summed E-state index contributed by atoms with van der Waals surface area (Å²) in [6.45, 7) is 5.27. The number of carboxylic acids is 1. The number of carbonyl (C=O) groups excluding carboxylic acids is 3. The van der Waals surface area contributed by atoms with Crippen LogP contribution in [0.25, 0.3) is 0 Å². The molecule has 2 aliphatic heterocycles. The van der Waals surface area contributed by atoms with E-state index in [1.165, 1.54) is 19.1 Å². The first-order chi connectivity index (χ1) is 17.2. The van der Waals surface area contributed by atoms with E-state index in [2.05, 4.69) is 15.5 Å². The van der Waals surface area contributed by atoms with Crippen molar-refractivity contribution >= 4 is 23.8 Å². The molecule has 0 saturated carbocycles. The summed E-state index contributed by atoms with van der Waals surface area (Å²) < 4.78 is 4.73. The minimum atomic E-state index is -0.891. The molecule has 2 aliphatic rings. The molecule has 0 aliphatic carbocycles. The number of hydrogen-bond donors (Lipinski definition) is 4. The average Bonchev–Trinajstić information content (AvgIpc) is 3.56. The first kappa shape index (κ1) is 33.7. The van der Waals surface area contributed by atoms with Gasteiger partial charge in [0.1, 0.15) is 12.1 Å². The molecule has 12 nitrogen and oxygen atoms in total. The lowest BCUT2D eigenvalue weighted by Crippen LogP contribution is -2.49. The highest BCUT2D eigenvalue weighted by Gasteiger charge is 2.37. The Labute approximate surface area is 214 Å². The SMILES string of the molecule is CCC[C@H](NC)C(=O)N1CCC[C@H]1C(=O)O.CCC[C@H](NC)C(=O)N1CCC[C@H]1C(=O)OC.COO. The Balaban J connectivity index is 0.000000614. The zero-order valence-electron chi connectivity index (χ0n) is 22.6. The number of likely N-dealkylation sites (tertiary alicyclic amines) is 2. The molecule has 2 amide bonds. The van der Waals surface area contributed by atoms with E-state index >= 15 is 0 Å². The van der Waals surface area contributed by atoms with Crippen LogP contribution >= 0.6 is 0 Å². The van der Waals surface area contributed by atoms with Crippen molar-refractivity contribution in [2.45, 2.75) is 89.4 Å². The number of carbonyl (C=O) groups is 4. The van der Waals surface area contributed by atoms with Crippen LogP contribution in [0.1, 0.15) is 65.2 Å². The third-order valence-electron chi connectivity index (χ3n) is 6.28. The van der Waals surface area contributed by atoms with Crippen LogP contribution in [0.4, 0.5) is 0 Å². The molecular formula is C24H46N4O8. The highest BCUT2D eigenvalue weighted by Crippen LogP contribution is 2.21. The fourth-order valence-corrected chi connectivity index (χ4v) is 4.46. The van der Waals surface area contributed by atoms with Crippen LogP contribution in [0.15, 0.2) is 0 Å². The molecule has 0 spiro atoms. The van der Waals surface area contributed by atoms with Crippen molar-refractivity contribution < 1.29 is 39.2 Å². The van der Waals surface area contributed by atoms with Crippen molar-refractivity contribution in [3.05, 3.63) is 0 Å². The monoisotopic (exact) mass is 518 g/mol. The lowest BCUT2D eigenvalue weighted by Gasteiger charge is -2.27. The van der Waals surface area contributed by atoms with E-state index in [1.807, 2.05) is 13.8 Å². The molecular weight excluding hydrogens is 472 g/mol. The van der Waals surface area contributed by atoms with Gasteiger partial charge >= 0.3 is 11.9 Å². The molecule has 2 fully saturated rings. The molecule has 0 bridgehead atoms. The fraction of sp³-hybridized carbons (Fsp3) is 0.833. The quantitative estimate of drug-likeness (QED) is 0.187. The van der Waals surface area contributed by atoms with Crippen LogP contribution in [-0.2, 0) is 28.8 Å². The Hall–Kier alpha value is -2.28. The molecule has 210 valence electrons. The van der Waals surface area contributed by atoms with E-state index in [0.29, 0.717) is 25.9 Å². The van der Waals surface area contributed by atoms with Gasteiger partial charge in [0.15, 0.2) is 0 Å². The van der Waals surface area contributed by atoms with Gasteiger partial charge < -0.3 is 30.3 Å². The molecule has 4 atom stereocenters. The summed E-state index contributed by atoms with van der Waals surface area (Å²) in [5, 5.41) is 22.0. The number of ether oxygens (including phenoxy) is 1. The summed E-state index contributed by atoms with van der Waals surface area (Å²) in [5.41, 5.74) is 0. The van der Waals surface area contributed by atoms with Gasteiger partial charge in [-0.05, 0) is 52.6 Å². The summed E-state index contributed by atoms with van der Waals surface area (Å²) in [6, 6.07) is -1.45. The van der Waals surface area contributed by atoms with Gasteiger partial charge in [0.25, 0.3) is 0 Å². The topological polar surface area (TPSA) is 158 Å². The second-order valence-corrected chi connectivity index (χ2v) is 8.68. The number of hydrogen-bond acceptors (Lipinski definition) is 9. The zero-order valence-corrected chi connectivity index (χ0v) is 22.6. The molecule has 36 heavy (non-hydrogen) atoms. The summed E-state index contributed by atoms with van der Waals surface area (Å²) >= 11 is 0. The van der Waals surface area contributed by atoms with Crippen molar-refractivity contribution in [2.75, 3.05) is 41.4 Å². The van der Waals surface area contributed by atoms with Crippen molar-refractivity contribution in [1.82, 2.24) is 20.4 Å². The summed E-state index contributed by atoms with van der Waals surface area (Å²) in [4.78, 5) is 53.3. The lowest BCUT2D eigenvalue weighted by atomic mass is 10.1. The smallest absolute Gasteiger partial charge is 0.328 e. The fourth-order valence-electron chi connectivity index (χ4n) is 4.46. The number of nitrogens with zero attached hydrogens (tertiary/aromatic N) is 2. The maximum absolute atomic E-state index is 12.3. The predicted octanol–water partition coefficient (Wildman–Crippen LogP) is 1.09. The van der Waals surface area contributed by atoms with Crippen LogP contribution < -0.4 is 10.6 Å². The second kappa shape index (κ2) is 18.9. The third kappa shape index (κ3) is 10.4. The first-order valence-corrected chi connectivity index (χ1v) is 12.6. The standard InChI is InChI=1S/C12H22N2O3.C11H20N2O3.CH4O2/c1-4-6-9(13-2)11(15)14-8-5-7-10(14)12(16)17-3;1-3-5-8(12-2)10(14)13-7-4-6-9(13)11(15)16;1-3-2/h9-10,13H,4-8H2,1-3H3;8-9,12H,3-7H2,1-2H3,(H,15,16);2H,1H3/t9-,10-;8-,9-;/m00./s1. The van der Waals surface area contributed by atoms with Crippen molar-refractivity contribution in [3.63, 3.8) is 0 Å².